The summed E-state index contributed by atoms with van der Waals surface area (Å²) in [7, 11) is 1.62. The van der Waals surface area contributed by atoms with E-state index in [0.29, 0.717) is 25.4 Å². The Kier molecular flexibility index (Phi) is 6.39. The fourth-order valence-corrected chi connectivity index (χ4v) is 3.19. The predicted molar refractivity (Wildman–Crippen MR) is 111 cm³/mol. The Morgan fingerprint density at radius 3 is 2.39 bits per heavy atom. The largest absolute Gasteiger partial charge is 0.497 e. The molecule has 28 heavy (non-hydrogen) atoms. The van der Waals surface area contributed by atoms with Gasteiger partial charge in [0.15, 0.2) is 0 Å². The highest BCUT2D eigenvalue weighted by Crippen LogP contribution is 2.24. The van der Waals surface area contributed by atoms with Gasteiger partial charge in [0, 0.05) is 18.3 Å². The van der Waals surface area contributed by atoms with E-state index in [2.05, 4.69) is 0 Å². The lowest BCUT2D eigenvalue weighted by Crippen LogP contribution is -2.24. The molecule has 2 aromatic carbocycles. The molecule has 3 aromatic rings. The monoisotopic (exact) mass is 398 g/mol. The number of aromatic nitrogens is 1. The molecule has 0 saturated heterocycles. The molecule has 0 saturated carbocycles. The van der Waals surface area contributed by atoms with E-state index in [9.17, 15) is 4.79 Å². The molecule has 1 heterocycles. The molecule has 5 nitrogen and oxygen atoms in total. The van der Waals surface area contributed by atoms with E-state index in [0.717, 1.165) is 28.1 Å². The third-order valence-electron chi connectivity index (χ3n) is 4.64. The van der Waals surface area contributed by atoms with Crippen molar-refractivity contribution in [1.82, 2.24) is 4.57 Å². The molecule has 146 valence electrons. The summed E-state index contributed by atoms with van der Waals surface area (Å²) < 4.78 is 12.6. The minimum Gasteiger partial charge on any atom is -0.497 e. The van der Waals surface area contributed by atoms with Crippen molar-refractivity contribution in [3.8, 4) is 11.5 Å². The van der Waals surface area contributed by atoms with Crippen LogP contribution in [-0.2, 0) is 19.7 Å². The van der Waals surface area contributed by atoms with Gasteiger partial charge in [-0.25, -0.2) is 0 Å². The minimum absolute atomic E-state index is 0.0735. The highest BCUT2D eigenvalue weighted by Gasteiger charge is 2.13. The second-order valence-electron chi connectivity index (χ2n) is 6.46. The van der Waals surface area contributed by atoms with E-state index in [1.807, 2.05) is 55.5 Å². The van der Waals surface area contributed by atoms with Gasteiger partial charge in [0.25, 0.3) is 5.56 Å². The first-order chi connectivity index (χ1) is 13.5. The summed E-state index contributed by atoms with van der Waals surface area (Å²) in [5.74, 6) is 1.15. The topological polar surface area (TPSA) is 66.5 Å². The van der Waals surface area contributed by atoms with Gasteiger partial charge in [-0.05, 0) is 35.7 Å². The number of ether oxygens (including phenoxy) is 2. The standard InChI is InChI=1S/C22H23ClN2O3/c1-15-11-20(28-14-18-6-4-3-5-17(18)12-24)21(23)22(26)25(15)13-16-7-9-19(27-2)10-8-16/h3-11H,12-14,24H2,1-2H3. The Morgan fingerprint density at radius 2 is 1.75 bits per heavy atom. The first-order valence-corrected chi connectivity index (χ1v) is 9.33. The summed E-state index contributed by atoms with van der Waals surface area (Å²) in [4.78, 5) is 12.8. The number of pyridine rings is 1. The zero-order valence-electron chi connectivity index (χ0n) is 15.9. The second-order valence-corrected chi connectivity index (χ2v) is 6.84. The van der Waals surface area contributed by atoms with E-state index in [1.54, 1.807) is 17.7 Å². The summed E-state index contributed by atoms with van der Waals surface area (Å²) in [6.45, 7) is 3.01. The number of nitrogens with two attached hydrogens (primary N) is 1. The summed E-state index contributed by atoms with van der Waals surface area (Å²) in [5.41, 5.74) is 9.21. The van der Waals surface area contributed by atoms with Gasteiger partial charge in [-0.1, -0.05) is 48.0 Å². The molecule has 0 unspecified atom stereocenters. The zero-order chi connectivity index (χ0) is 20.1. The van der Waals surface area contributed by atoms with Crippen LogP contribution in [0.3, 0.4) is 0 Å². The SMILES string of the molecule is COc1ccc(Cn2c(C)cc(OCc3ccccc3CN)c(Cl)c2=O)cc1. The molecule has 0 aliphatic rings. The Hall–Kier alpha value is -2.76. The molecule has 3 rings (SSSR count). The number of halogens is 1. The van der Waals surface area contributed by atoms with Crippen molar-refractivity contribution < 1.29 is 9.47 Å². The van der Waals surface area contributed by atoms with Gasteiger partial charge in [-0.3, -0.25) is 4.79 Å². The molecule has 6 heteroatoms. The van der Waals surface area contributed by atoms with E-state index >= 15 is 0 Å². The minimum atomic E-state index is -0.278. The molecule has 0 radical (unpaired) electrons. The molecule has 0 fully saturated rings. The van der Waals surface area contributed by atoms with Crippen molar-refractivity contribution in [3.63, 3.8) is 0 Å². The third-order valence-corrected chi connectivity index (χ3v) is 4.98. The van der Waals surface area contributed by atoms with Crippen molar-refractivity contribution >= 4 is 11.6 Å². The Balaban J connectivity index is 1.82. The number of nitrogens with zero attached hydrogens (tertiary/aromatic N) is 1. The lowest BCUT2D eigenvalue weighted by Gasteiger charge is -2.15. The van der Waals surface area contributed by atoms with Crippen LogP contribution in [0.4, 0.5) is 0 Å². The Morgan fingerprint density at radius 1 is 1.07 bits per heavy atom. The number of aryl methyl sites for hydroxylation is 1. The number of methoxy groups -OCH3 is 1. The fourth-order valence-electron chi connectivity index (χ4n) is 2.98. The van der Waals surface area contributed by atoms with Crippen LogP contribution in [0.1, 0.15) is 22.4 Å². The zero-order valence-corrected chi connectivity index (χ0v) is 16.7. The van der Waals surface area contributed by atoms with Crippen LogP contribution in [0.25, 0.3) is 0 Å². The molecule has 0 amide bonds. The van der Waals surface area contributed by atoms with Crippen molar-refractivity contribution in [2.45, 2.75) is 26.6 Å². The van der Waals surface area contributed by atoms with Gasteiger partial charge in [0.05, 0.1) is 13.7 Å². The number of benzene rings is 2. The van der Waals surface area contributed by atoms with Gasteiger partial charge >= 0.3 is 0 Å². The predicted octanol–water partition coefficient (Wildman–Crippen LogP) is 3.90. The van der Waals surface area contributed by atoms with Crippen molar-refractivity contribution in [3.05, 3.63) is 92.4 Å². The second kappa shape index (κ2) is 8.95. The summed E-state index contributed by atoms with van der Waals surface area (Å²) >= 11 is 6.32. The van der Waals surface area contributed by atoms with E-state index in [-0.39, 0.29) is 10.6 Å². The van der Waals surface area contributed by atoms with Gasteiger partial charge in [0.2, 0.25) is 0 Å². The van der Waals surface area contributed by atoms with Crippen molar-refractivity contribution in [2.75, 3.05) is 7.11 Å². The summed E-state index contributed by atoms with van der Waals surface area (Å²) in [5, 5.41) is 0.0735. The molecule has 1 aromatic heterocycles. The summed E-state index contributed by atoms with van der Waals surface area (Å²) in [6, 6.07) is 17.1. The number of rotatable bonds is 7. The maximum absolute atomic E-state index is 12.8. The molecular formula is C22H23ClN2O3. The molecule has 0 aliphatic carbocycles. The number of hydrogen-bond donors (Lipinski definition) is 1. The first kappa shape index (κ1) is 20.0. The molecule has 0 spiro atoms. The van der Waals surface area contributed by atoms with Gasteiger partial charge in [-0.2, -0.15) is 0 Å². The molecule has 0 atom stereocenters. The third kappa shape index (κ3) is 4.38. The van der Waals surface area contributed by atoms with Crippen molar-refractivity contribution in [1.29, 1.82) is 0 Å². The normalized spacial score (nSPS) is 10.7. The van der Waals surface area contributed by atoms with E-state index in [1.165, 1.54) is 0 Å². The van der Waals surface area contributed by atoms with E-state index in [4.69, 9.17) is 26.8 Å². The Bertz CT molecular complexity index is 1010. The van der Waals surface area contributed by atoms with Gasteiger partial charge in [-0.15, -0.1) is 0 Å². The van der Waals surface area contributed by atoms with Crippen LogP contribution < -0.4 is 20.8 Å². The van der Waals surface area contributed by atoms with Crippen LogP contribution >= 0.6 is 11.6 Å². The van der Waals surface area contributed by atoms with Crippen LogP contribution in [0.15, 0.2) is 59.4 Å². The van der Waals surface area contributed by atoms with Gasteiger partial charge < -0.3 is 19.8 Å². The van der Waals surface area contributed by atoms with Crippen molar-refractivity contribution in [2.24, 2.45) is 5.73 Å². The molecular weight excluding hydrogens is 376 g/mol. The summed E-state index contributed by atoms with van der Waals surface area (Å²) in [6.07, 6.45) is 0. The highest BCUT2D eigenvalue weighted by molar-refractivity contribution is 6.31. The van der Waals surface area contributed by atoms with Crippen LogP contribution in [0.5, 0.6) is 11.5 Å². The average Bonchev–Trinajstić information content (AvgIpc) is 2.73. The van der Waals surface area contributed by atoms with Crippen LogP contribution in [0, 0.1) is 6.92 Å². The molecule has 0 bridgehead atoms. The quantitative estimate of drug-likeness (QED) is 0.655. The molecule has 0 aliphatic heterocycles. The maximum atomic E-state index is 12.8. The number of hydrogen-bond acceptors (Lipinski definition) is 4. The molecule has 2 N–H and O–H groups in total. The average molecular weight is 399 g/mol. The highest BCUT2D eigenvalue weighted by atomic mass is 35.5. The van der Waals surface area contributed by atoms with Gasteiger partial charge in [0.1, 0.15) is 23.1 Å². The maximum Gasteiger partial charge on any atom is 0.273 e. The van der Waals surface area contributed by atoms with Crippen LogP contribution in [0.2, 0.25) is 5.02 Å². The lowest BCUT2D eigenvalue weighted by atomic mass is 10.1. The van der Waals surface area contributed by atoms with E-state index < -0.39 is 0 Å². The smallest absolute Gasteiger partial charge is 0.273 e. The first-order valence-electron chi connectivity index (χ1n) is 8.96. The fraction of sp³-hybridized carbons (Fsp3) is 0.227. The Labute approximate surface area is 169 Å². The van der Waals surface area contributed by atoms with Crippen LogP contribution in [-0.4, -0.2) is 11.7 Å². The lowest BCUT2D eigenvalue weighted by molar-refractivity contribution is 0.303.